The van der Waals surface area contributed by atoms with E-state index in [1.165, 1.54) is 11.2 Å². The zero-order chi connectivity index (χ0) is 14.2. The second-order valence-electron chi connectivity index (χ2n) is 4.97. The molecule has 1 aromatic heterocycles. The van der Waals surface area contributed by atoms with Crippen molar-refractivity contribution in [3.05, 3.63) is 26.5 Å². The van der Waals surface area contributed by atoms with Crippen molar-refractivity contribution in [1.82, 2.24) is 14.3 Å². The summed E-state index contributed by atoms with van der Waals surface area (Å²) in [6.07, 6.45) is 1.76. The Morgan fingerprint density at radius 1 is 1.26 bits per heavy atom. The molecular weight excluding hydrogens is 270 g/mol. The van der Waals surface area contributed by atoms with E-state index in [1.54, 1.807) is 0 Å². The lowest BCUT2D eigenvalue weighted by Crippen LogP contribution is -2.42. The van der Waals surface area contributed by atoms with E-state index in [9.17, 15) is 18.0 Å². The lowest BCUT2D eigenvalue weighted by atomic mass is 10.0. The molecule has 0 saturated carbocycles. The van der Waals surface area contributed by atoms with Crippen molar-refractivity contribution in [2.75, 3.05) is 13.1 Å². The standard InChI is InChI=1S/C11H17N3O4S/c1-7-4-3-5-14(6-7)19(17,18)9-8(2)12-11(16)13-10(9)15/h7H,3-6H2,1-2H3,(H2,12,13,15,16). The van der Waals surface area contributed by atoms with Gasteiger partial charge in [0.25, 0.3) is 5.56 Å². The molecule has 0 aromatic carbocycles. The van der Waals surface area contributed by atoms with E-state index in [0.717, 1.165) is 12.8 Å². The second kappa shape index (κ2) is 4.93. The third-order valence-corrected chi connectivity index (χ3v) is 5.31. The summed E-state index contributed by atoms with van der Waals surface area (Å²) in [5.74, 6) is 0.269. The normalized spacial score (nSPS) is 21.5. The molecule has 8 heteroatoms. The number of rotatable bonds is 2. The van der Waals surface area contributed by atoms with Crippen LogP contribution in [0.4, 0.5) is 0 Å². The summed E-state index contributed by atoms with van der Waals surface area (Å²) in [6.45, 7) is 4.20. The molecule has 19 heavy (non-hydrogen) atoms. The van der Waals surface area contributed by atoms with E-state index in [4.69, 9.17) is 0 Å². The summed E-state index contributed by atoms with van der Waals surface area (Å²) in [4.78, 5) is 26.8. The lowest BCUT2D eigenvalue weighted by Gasteiger charge is -2.29. The molecule has 1 saturated heterocycles. The highest BCUT2D eigenvalue weighted by Crippen LogP contribution is 2.22. The average molecular weight is 287 g/mol. The number of aromatic nitrogens is 2. The van der Waals surface area contributed by atoms with Gasteiger partial charge in [-0.3, -0.25) is 9.78 Å². The van der Waals surface area contributed by atoms with Gasteiger partial charge in [-0.2, -0.15) is 4.31 Å². The first-order valence-corrected chi connectivity index (χ1v) is 7.59. The smallest absolute Gasteiger partial charge is 0.310 e. The fourth-order valence-corrected chi connectivity index (χ4v) is 4.19. The van der Waals surface area contributed by atoms with Crippen LogP contribution in [-0.4, -0.2) is 35.8 Å². The summed E-state index contributed by atoms with van der Waals surface area (Å²) < 4.78 is 26.3. The highest BCUT2D eigenvalue weighted by Gasteiger charge is 2.32. The van der Waals surface area contributed by atoms with E-state index in [2.05, 4.69) is 4.98 Å². The average Bonchev–Trinajstić information content (AvgIpc) is 2.26. The number of aromatic amines is 2. The maximum absolute atomic E-state index is 12.5. The van der Waals surface area contributed by atoms with Gasteiger partial charge in [0.05, 0.1) is 0 Å². The van der Waals surface area contributed by atoms with Crippen molar-refractivity contribution in [2.45, 2.75) is 31.6 Å². The van der Waals surface area contributed by atoms with Crippen molar-refractivity contribution >= 4 is 10.0 Å². The molecule has 0 spiro atoms. The molecule has 0 amide bonds. The third kappa shape index (κ3) is 2.64. The monoisotopic (exact) mass is 287 g/mol. The van der Waals surface area contributed by atoms with Crippen molar-refractivity contribution < 1.29 is 8.42 Å². The molecule has 2 rings (SSSR count). The molecule has 7 nitrogen and oxygen atoms in total. The Morgan fingerprint density at radius 2 is 1.95 bits per heavy atom. The Hall–Kier alpha value is -1.41. The van der Waals surface area contributed by atoms with Crippen LogP contribution in [0.1, 0.15) is 25.5 Å². The summed E-state index contributed by atoms with van der Waals surface area (Å²) in [6, 6.07) is 0. The minimum absolute atomic E-state index is 0.0759. The molecule has 0 radical (unpaired) electrons. The molecule has 2 N–H and O–H groups in total. The van der Waals surface area contributed by atoms with Gasteiger partial charge in [0.15, 0.2) is 4.90 Å². The quantitative estimate of drug-likeness (QED) is 0.785. The first kappa shape index (κ1) is 14.0. The molecule has 1 fully saturated rings. The van der Waals surface area contributed by atoms with Crippen LogP contribution >= 0.6 is 0 Å². The van der Waals surface area contributed by atoms with Crippen LogP contribution in [0.15, 0.2) is 14.5 Å². The van der Waals surface area contributed by atoms with Crippen LogP contribution in [0, 0.1) is 12.8 Å². The number of hydrogen-bond acceptors (Lipinski definition) is 4. The molecular formula is C11H17N3O4S. The van der Waals surface area contributed by atoms with Crippen LogP contribution in [0.5, 0.6) is 0 Å². The zero-order valence-electron chi connectivity index (χ0n) is 10.9. The molecule has 1 atom stereocenters. The molecule has 2 heterocycles. The first-order valence-electron chi connectivity index (χ1n) is 6.15. The number of sulfonamides is 1. The van der Waals surface area contributed by atoms with Crippen LogP contribution in [0.25, 0.3) is 0 Å². The van der Waals surface area contributed by atoms with Gasteiger partial charge in [-0.1, -0.05) is 6.92 Å². The highest BCUT2D eigenvalue weighted by atomic mass is 32.2. The first-order chi connectivity index (χ1) is 8.82. The van der Waals surface area contributed by atoms with Gasteiger partial charge >= 0.3 is 5.69 Å². The number of H-pyrrole nitrogens is 2. The molecule has 0 aliphatic carbocycles. The minimum Gasteiger partial charge on any atom is -0.310 e. The number of hydrogen-bond donors (Lipinski definition) is 2. The van der Waals surface area contributed by atoms with E-state index in [-0.39, 0.29) is 16.5 Å². The van der Waals surface area contributed by atoms with Crippen molar-refractivity contribution in [3.63, 3.8) is 0 Å². The summed E-state index contributed by atoms with van der Waals surface area (Å²) in [5.41, 5.74) is -1.49. The SMILES string of the molecule is Cc1[nH]c(=O)[nH]c(=O)c1S(=O)(=O)N1CCCC(C)C1. The van der Waals surface area contributed by atoms with Crippen molar-refractivity contribution in [3.8, 4) is 0 Å². The molecule has 1 unspecified atom stereocenters. The molecule has 1 aliphatic rings. The Kier molecular flexibility index (Phi) is 3.64. The van der Waals surface area contributed by atoms with Gasteiger partial charge in [-0.05, 0) is 25.7 Å². The largest absolute Gasteiger partial charge is 0.325 e. The minimum atomic E-state index is -3.85. The van der Waals surface area contributed by atoms with Gasteiger partial charge in [-0.15, -0.1) is 0 Å². The molecule has 1 aromatic rings. The van der Waals surface area contributed by atoms with Gasteiger partial charge in [0.1, 0.15) is 0 Å². The Morgan fingerprint density at radius 3 is 2.53 bits per heavy atom. The topological polar surface area (TPSA) is 103 Å². The van der Waals surface area contributed by atoms with Gasteiger partial charge in [-0.25, -0.2) is 13.2 Å². The van der Waals surface area contributed by atoms with E-state index < -0.39 is 21.3 Å². The number of nitrogens with one attached hydrogen (secondary N) is 2. The predicted octanol–water partition coefficient (Wildman–Crippen LogP) is -0.208. The van der Waals surface area contributed by atoms with Crippen molar-refractivity contribution in [2.24, 2.45) is 5.92 Å². The van der Waals surface area contributed by atoms with Gasteiger partial charge < -0.3 is 4.98 Å². The molecule has 106 valence electrons. The van der Waals surface area contributed by atoms with Crippen LogP contribution < -0.4 is 11.2 Å². The maximum atomic E-state index is 12.5. The van der Waals surface area contributed by atoms with Crippen molar-refractivity contribution in [1.29, 1.82) is 0 Å². The number of nitrogens with zero attached hydrogens (tertiary/aromatic N) is 1. The van der Waals surface area contributed by atoms with E-state index in [0.29, 0.717) is 13.1 Å². The highest BCUT2D eigenvalue weighted by molar-refractivity contribution is 7.89. The van der Waals surface area contributed by atoms with Crippen LogP contribution in [-0.2, 0) is 10.0 Å². The third-order valence-electron chi connectivity index (χ3n) is 3.29. The second-order valence-corrected chi connectivity index (χ2v) is 6.85. The summed E-state index contributed by atoms with van der Waals surface area (Å²) >= 11 is 0. The Bertz CT molecular complexity index is 689. The van der Waals surface area contributed by atoms with Crippen LogP contribution in [0.2, 0.25) is 0 Å². The summed E-state index contributed by atoms with van der Waals surface area (Å²) in [5, 5.41) is 0. The van der Waals surface area contributed by atoms with E-state index >= 15 is 0 Å². The Labute approximate surface area is 110 Å². The fourth-order valence-electron chi connectivity index (χ4n) is 2.39. The lowest BCUT2D eigenvalue weighted by molar-refractivity contribution is 0.281. The van der Waals surface area contributed by atoms with Crippen LogP contribution in [0.3, 0.4) is 0 Å². The van der Waals surface area contributed by atoms with Gasteiger partial charge in [0.2, 0.25) is 10.0 Å². The van der Waals surface area contributed by atoms with E-state index in [1.807, 2.05) is 11.9 Å². The molecule has 1 aliphatic heterocycles. The summed E-state index contributed by atoms with van der Waals surface area (Å²) in [7, 11) is -3.85. The molecule has 0 bridgehead atoms. The zero-order valence-corrected chi connectivity index (χ0v) is 11.7. The number of aryl methyl sites for hydroxylation is 1. The maximum Gasteiger partial charge on any atom is 0.325 e. The van der Waals surface area contributed by atoms with Gasteiger partial charge in [0, 0.05) is 18.8 Å². The Balaban J connectivity index is 2.51. The number of piperidine rings is 1. The fraction of sp³-hybridized carbons (Fsp3) is 0.636. The predicted molar refractivity (Wildman–Crippen MR) is 69.6 cm³/mol.